The number of fused-ring (bicyclic) bond motifs is 1. The summed E-state index contributed by atoms with van der Waals surface area (Å²) in [5.74, 6) is -0.0451. The molecule has 0 spiro atoms. The van der Waals surface area contributed by atoms with Gasteiger partial charge < -0.3 is 0 Å². The van der Waals surface area contributed by atoms with Crippen molar-refractivity contribution < 1.29 is 4.79 Å². The van der Waals surface area contributed by atoms with Crippen molar-refractivity contribution in [3.05, 3.63) is 55.0 Å². The highest BCUT2D eigenvalue weighted by molar-refractivity contribution is 9.10. The predicted molar refractivity (Wildman–Crippen MR) is 83.6 cm³/mol. The van der Waals surface area contributed by atoms with Crippen LogP contribution in [0.3, 0.4) is 0 Å². The van der Waals surface area contributed by atoms with E-state index in [1.807, 2.05) is 16.8 Å². The minimum Gasteiger partial charge on any atom is -0.295 e. The summed E-state index contributed by atoms with van der Waals surface area (Å²) in [7, 11) is 3.43. The molecule has 2 aromatic heterocycles. The first-order chi connectivity index (χ1) is 9.50. The van der Waals surface area contributed by atoms with Gasteiger partial charge in [0.05, 0.1) is 11.0 Å². The second-order valence-electron chi connectivity index (χ2n) is 4.56. The third-order valence-electron chi connectivity index (χ3n) is 3.39. The zero-order valence-corrected chi connectivity index (χ0v) is 13.3. The maximum Gasteiger partial charge on any atom is 0.328 e. The Morgan fingerprint density at radius 3 is 2.45 bits per heavy atom. The predicted octanol–water partition coefficient (Wildman–Crippen LogP) is 2.93. The largest absolute Gasteiger partial charge is 0.328 e. The molecule has 0 unspecified atom stereocenters. The van der Waals surface area contributed by atoms with Crippen molar-refractivity contribution in [3.63, 3.8) is 0 Å². The van der Waals surface area contributed by atoms with Gasteiger partial charge in [0.15, 0.2) is 5.78 Å². The Morgan fingerprint density at radius 2 is 1.85 bits per heavy atom. The number of carbonyl (C=O) groups is 1. The van der Waals surface area contributed by atoms with E-state index < -0.39 is 0 Å². The second-order valence-corrected chi connectivity index (χ2v) is 6.20. The fourth-order valence-electron chi connectivity index (χ4n) is 2.24. The minimum atomic E-state index is -0.105. The molecule has 20 heavy (non-hydrogen) atoms. The SMILES string of the molecule is Cn1c(=O)n(C)c2cc(C(=O)c3ccsc3)c(Br)cc21. The highest BCUT2D eigenvalue weighted by atomic mass is 79.9. The smallest absolute Gasteiger partial charge is 0.295 e. The van der Waals surface area contributed by atoms with Crippen LogP contribution in [0.5, 0.6) is 0 Å². The first-order valence-corrected chi connectivity index (χ1v) is 7.66. The number of aromatic nitrogens is 2. The lowest BCUT2D eigenvalue weighted by Crippen LogP contribution is -2.19. The Bertz CT molecular complexity index is 875. The van der Waals surface area contributed by atoms with Crippen LogP contribution in [-0.2, 0) is 14.1 Å². The van der Waals surface area contributed by atoms with Gasteiger partial charge in [-0.25, -0.2) is 4.79 Å². The molecule has 0 aliphatic rings. The second kappa shape index (κ2) is 4.71. The van der Waals surface area contributed by atoms with Gasteiger partial charge >= 0.3 is 5.69 Å². The summed E-state index contributed by atoms with van der Waals surface area (Å²) in [6, 6.07) is 5.38. The average Bonchev–Trinajstić information content (AvgIpc) is 3.03. The molecule has 1 aromatic carbocycles. The summed E-state index contributed by atoms with van der Waals surface area (Å²) in [6.07, 6.45) is 0. The van der Waals surface area contributed by atoms with Crippen LogP contribution in [0.2, 0.25) is 0 Å². The van der Waals surface area contributed by atoms with E-state index in [9.17, 15) is 9.59 Å². The summed E-state index contributed by atoms with van der Waals surface area (Å²) < 4.78 is 3.81. The van der Waals surface area contributed by atoms with Crippen LogP contribution < -0.4 is 5.69 Å². The van der Waals surface area contributed by atoms with E-state index >= 15 is 0 Å². The Balaban J connectivity index is 2.28. The normalized spacial score (nSPS) is 11.2. The number of hydrogen-bond donors (Lipinski definition) is 0. The molecular formula is C14H11BrN2O2S. The molecule has 0 aliphatic heterocycles. The Morgan fingerprint density at radius 1 is 1.20 bits per heavy atom. The van der Waals surface area contributed by atoms with Crippen molar-refractivity contribution in [2.24, 2.45) is 14.1 Å². The number of carbonyl (C=O) groups excluding carboxylic acids is 1. The van der Waals surface area contributed by atoms with Crippen LogP contribution in [0.25, 0.3) is 11.0 Å². The van der Waals surface area contributed by atoms with E-state index in [4.69, 9.17) is 0 Å². The van der Waals surface area contributed by atoms with E-state index in [1.165, 1.54) is 11.3 Å². The summed E-state index contributed by atoms with van der Waals surface area (Å²) in [6.45, 7) is 0. The van der Waals surface area contributed by atoms with E-state index in [0.717, 1.165) is 11.0 Å². The molecule has 0 saturated carbocycles. The summed E-state index contributed by atoms with van der Waals surface area (Å²) in [4.78, 5) is 24.4. The molecule has 102 valence electrons. The van der Waals surface area contributed by atoms with Crippen molar-refractivity contribution in [2.45, 2.75) is 0 Å². The molecule has 4 nitrogen and oxygen atoms in total. The van der Waals surface area contributed by atoms with Crippen LogP contribution in [0.15, 0.2) is 38.2 Å². The fourth-order valence-corrected chi connectivity index (χ4v) is 3.39. The Kier molecular flexibility index (Phi) is 3.14. The molecule has 6 heteroatoms. The zero-order chi connectivity index (χ0) is 14.4. The number of hydrogen-bond acceptors (Lipinski definition) is 3. The number of nitrogens with zero attached hydrogens (tertiary/aromatic N) is 2. The number of ketones is 1. The van der Waals surface area contributed by atoms with Crippen LogP contribution in [0.4, 0.5) is 0 Å². The zero-order valence-electron chi connectivity index (χ0n) is 10.9. The minimum absolute atomic E-state index is 0.0451. The van der Waals surface area contributed by atoms with Crippen LogP contribution in [-0.4, -0.2) is 14.9 Å². The van der Waals surface area contributed by atoms with Gasteiger partial charge in [-0.15, -0.1) is 0 Å². The summed E-state index contributed by atoms with van der Waals surface area (Å²) in [5, 5.41) is 3.70. The molecule has 3 rings (SSSR count). The number of rotatable bonds is 2. The van der Waals surface area contributed by atoms with Crippen LogP contribution in [0, 0.1) is 0 Å². The van der Waals surface area contributed by atoms with Gasteiger partial charge in [-0.2, -0.15) is 11.3 Å². The van der Waals surface area contributed by atoms with Crippen LogP contribution in [0.1, 0.15) is 15.9 Å². The van der Waals surface area contributed by atoms with Gasteiger partial charge in [-0.3, -0.25) is 13.9 Å². The maximum absolute atomic E-state index is 12.5. The maximum atomic E-state index is 12.5. The topological polar surface area (TPSA) is 44.0 Å². The average molecular weight is 351 g/mol. The lowest BCUT2D eigenvalue weighted by Gasteiger charge is -2.04. The Hall–Kier alpha value is -1.66. The molecule has 0 saturated heterocycles. The fraction of sp³-hybridized carbons (Fsp3) is 0.143. The highest BCUT2D eigenvalue weighted by Gasteiger charge is 2.17. The number of thiophene rings is 1. The quantitative estimate of drug-likeness (QED) is 0.667. The molecule has 0 N–H and O–H groups in total. The first-order valence-electron chi connectivity index (χ1n) is 5.92. The van der Waals surface area contributed by atoms with E-state index in [1.54, 1.807) is 35.4 Å². The van der Waals surface area contributed by atoms with Gasteiger partial charge in [-0.05, 0) is 39.5 Å². The highest BCUT2D eigenvalue weighted by Crippen LogP contribution is 2.26. The van der Waals surface area contributed by atoms with E-state index in [0.29, 0.717) is 15.6 Å². The van der Waals surface area contributed by atoms with Crippen molar-refractivity contribution in [1.29, 1.82) is 0 Å². The molecule has 3 aromatic rings. The van der Waals surface area contributed by atoms with Gasteiger partial charge in [0.1, 0.15) is 0 Å². The van der Waals surface area contributed by atoms with Gasteiger partial charge in [0.2, 0.25) is 0 Å². The number of benzene rings is 1. The van der Waals surface area contributed by atoms with E-state index in [2.05, 4.69) is 15.9 Å². The van der Waals surface area contributed by atoms with Gasteiger partial charge in [0, 0.05) is 35.1 Å². The molecule has 0 aliphatic carbocycles. The Labute approximate surface area is 127 Å². The molecule has 0 atom stereocenters. The van der Waals surface area contributed by atoms with Crippen molar-refractivity contribution in [2.75, 3.05) is 0 Å². The number of aryl methyl sites for hydroxylation is 2. The van der Waals surface area contributed by atoms with Crippen molar-refractivity contribution in [3.8, 4) is 0 Å². The number of halogens is 1. The molecule has 2 heterocycles. The molecule has 0 radical (unpaired) electrons. The third-order valence-corrected chi connectivity index (χ3v) is 4.73. The molecule has 0 fully saturated rings. The van der Waals surface area contributed by atoms with Gasteiger partial charge in [-0.1, -0.05) is 0 Å². The lowest BCUT2D eigenvalue weighted by molar-refractivity contribution is 0.103. The molecule has 0 bridgehead atoms. The molecule has 0 amide bonds. The number of imidazole rings is 1. The van der Waals surface area contributed by atoms with E-state index in [-0.39, 0.29) is 11.5 Å². The molecular weight excluding hydrogens is 340 g/mol. The first kappa shape index (κ1) is 13.3. The standard InChI is InChI=1S/C14H11BrN2O2S/c1-16-11-5-9(13(18)8-3-4-20-7-8)10(15)6-12(11)17(2)14(16)19/h3-7H,1-2H3. The summed E-state index contributed by atoms with van der Waals surface area (Å²) in [5.41, 5.74) is 2.67. The van der Waals surface area contributed by atoms with Crippen molar-refractivity contribution in [1.82, 2.24) is 9.13 Å². The third kappa shape index (κ3) is 1.87. The van der Waals surface area contributed by atoms with Crippen LogP contribution >= 0.6 is 27.3 Å². The van der Waals surface area contributed by atoms with Gasteiger partial charge in [0.25, 0.3) is 0 Å². The summed E-state index contributed by atoms with van der Waals surface area (Å²) >= 11 is 4.92. The lowest BCUT2D eigenvalue weighted by atomic mass is 10.1. The van der Waals surface area contributed by atoms with Crippen molar-refractivity contribution >= 4 is 44.1 Å². The monoisotopic (exact) mass is 350 g/mol.